The van der Waals surface area contributed by atoms with Gasteiger partial charge in [0, 0.05) is 12.2 Å². The van der Waals surface area contributed by atoms with Crippen LogP contribution in [0.5, 0.6) is 0 Å². The highest BCUT2D eigenvalue weighted by Gasteiger charge is 2.09. The van der Waals surface area contributed by atoms with Crippen molar-refractivity contribution in [3.05, 3.63) is 53.6 Å². The minimum absolute atomic E-state index is 0.211. The van der Waals surface area contributed by atoms with E-state index in [4.69, 9.17) is 10.5 Å². The predicted octanol–water partition coefficient (Wildman–Crippen LogP) is 3.60. The van der Waals surface area contributed by atoms with E-state index in [1.165, 1.54) is 0 Å². The molecule has 0 radical (unpaired) electrons. The molecule has 0 aliphatic rings. The van der Waals surface area contributed by atoms with E-state index in [9.17, 15) is 4.79 Å². The number of fused-ring (bicyclic) bond motifs is 1. The van der Waals surface area contributed by atoms with Crippen molar-refractivity contribution >= 4 is 38.3 Å². The van der Waals surface area contributed by atoms with Gasteiger partial charge in [-0.1, -0.05) is 35.6 Å². The number of hydrogen-bond donors (Lipinski definition) is 2. The summed E-state index contributed by atoms with van der Waals surface area (Å²) in [5.74, 6) is -0.211. The number of nitrogens with two attached hydrogens (primary N) is 1. The molecule has 0 amide bonds. The Hall–Kier alpha value is -2.44. The average Bonchev–Trinajstić information content (AvgIpc) is 2.97. The maximum atomic E-state index is 11.6. The van der Waals surface area contributed by atoms with Gasteiger partial charge < -0.3 is 15.8 Å². The molecule has 0 saturated carbocycles. The van der Waals surface area contributed by atoms with Crippen LogP contribution in [0.3, 0.4) is 0 Å². The van der Waals surface area contributed by atoms with E-state index in [1.807, 2.05) is 42.5 Å². The van der Waals surface area contributed by atoms with Crippen LogP contribution in [0.1, 0.15) is 18.1 Å². The van der Waals surface area contributed by atoms with E-state index in [0.717, 1.165) is 32.2 Å². The second-order valence-corrected chi connectivity index (χ2v) is 6.32. The summed E-state index contributed by atoms with van der Waals surface area (Å²) >= 11 is 1.55. The monoisotopic (exact) mass is 341 g/mol. The largest absolute Gasteiger partial charge is 0.466 e. The summed E-state index contributed by atoms with van der Waals surface area (Å²) < 4.78 is 6.02. The smallest absolute Gasteiger partial charge is 0.310 e. The topological polar surface area (TPSA) is 77.2 Å². The molecule has 6 heteroatoms. The molecule has 0 saturated heterocycles. The lowest BCUT2D eigenvalue weighted by atomic mass is 10.1. The number of esters is 1. The molecular formula is C18H19N3O2S. The molecule has 5 nitrogen and oxygen atoms in total. The highest BCUT2D eigenvalue weighted by Crippen LogP contribution is 2.30. The van der Waals surface area contributed by atoms with Crippen LogP contribution in [0.4, 0.5) is 10.8 Å². The zero-order valence-electron chi connectivity index (χ0n) is 13.4. The molecule has 3 aromatic rings. The number of benzene rings is 2. The van der Waals surface area contributed by atoms with Crippen molar-refractivity contribution in [3.8, 4) is 0 Å². The minimum atomic E-state index is -0.211. The Bertz CT molecular complexity index is 860. The Morgan fingerprint density at radius 3 is 2.92 bits per heavy atom. The summed E-state index contributed by atoms with van der Waals surface area (Å²) in [5.41, 5.74) is 9.61. The van der Waals surface area contributed by atoms with Gasteiger partial charge in [-0.15, -0.1) is 0 Å². The first-order valence-corrected chi connectivity index (χ1v) is 8.61. The maximum absolute atomic E-state index is 11.6. The molecule has 1 heterocycles. The van der Waals surface area contributed by atoms with Crippen LogP contribution >= 0.6 is 11.3 Å². The summed E-state index contributed by atoms with van der Waals surface area (Å²) in [6.07, 6.45) is 0.278. The fourth-order valence-corrected chi connectivity index (χ4v) is 3.39. The number of hydrogen-bond acceptors (Lipinski definition) is 6. The van der Waals surface area contributed by atoms with Crippen molar-refractivity contribution in [2.45, 2.75) is 19.9 Å². The van der Waals surface area contributed by atoms with E-state index in [-0.39, 0.29) is 12.4 Å². The van der Waals surface area contributed by atoms with Gasteiger partial charge in [0.15, 0.2) is 5.13 Å². The third kappa shape index (κ3) is 3.72. The van der Waals surface area contributed by atoms with Crippen LogP contribution in [0.2, 0.25) is 0 Å². The number of thiazole rings is 1. The molecule has 0 atom stereocenters. The SMILES string of the molecule is CCOC(=O)Cc1ccc2nc(Nc3ccccc3CN)sc2c1. The molecule has 0 aliphatic heterocycles. The van der Waals surface area contributed by atoms with Gasteiger partial charge in [-0.3, -0.25) is 4.79 Å². The molecule has 0 fully saturated rings. The number of nitrogens with one attached hydrogen (secondary N) is 1. The molecule has 0 bridgehead atoms. The second-order valence-electron chi connectivity index (χ2n) is 5.29. The van der Waals surface area contributed by atoms with Gasteiger partial charge in [-0.05, 0) is 36.2 Å². The predicted molar refractivity (Wildman–Crippen MR) is 97.6 cm³/mol. The van der Waals surface area contributed by atoms with Gasteiger partial charge in [0.25, 0.3) is 0 Å². The highest BCUT2D eigenvalue weighted by atomic mass is 32.1. The zero-order chi connectivity index (χ0) is 16.9. The van der Waals surface area contributed by atoms with Crippen molar-refractivity contribution in [2.75, 3.05) is 11.9 Å². The molecule has 2 aromatic carbocycles. The van der Waals surface area contributed by atoms with Crippen molar-refractivity contribution in [2.24, 2.45) is 5.73 Å². The van der Waals surface area contributed by atoms with Crippen LogP contribution in [0.15, 0.2) is 42.5 Å². The summed E-state index contributed by atoms with van der Waals surface area (Å²) in [6, 6.07) is 13.7. The standard InChI is InChI=1S/C18H19N3O2S/c1-2-23-17(22)10-12-7-8-15-16(9-12)24-18(21-15)20-14-6-4-3-5-13(14)11-19/h3-9H,2,10-11,19H2,1H3,(H,20,21). The van der Waals surface area contributed by atoms with E-state index >= 15 is 0 Å². The third-order valence-corrected chi connectivity index (χ3v) is 4.52. The quantitative estimate of drug-likeness (QED) is 0.670. The Balaban J connectivity index is 1.82. The first kappa shape index (κ1) is 16.4. The van der Waals surface area contributed by atoms with Crippen LogP contribution < -0.4 is 11.1 Å². The first-order valence-electron chi connectivity index (χ1n) is 7.79. The van der Waals surface area contributed by atoms with Gasteiger partial charge in [0.1, 0.15) is 0 Å². The van der Waals surface area contributed by atoms with Crippen molar-refractivity contribution in [3.63, 3.8) is 0 Å². The molecule has 124 valence electrons. The number of para-hydroxylation sites is 1. The normalized spacial score (nSPS) is 10.8. The fraction of sp³-hybridized carbons (Fsp3) is 0.222. The number of anilines is 2. The second kappa shape index (κ2) is 7.42. The van der Waals surface area contributed by atoms with Crippen molar-refractivity contribution in [1.29, 1.82) is 0 Å². The molecular weight excluding hydrogens is 322 g/mol. The van der Waals surface area contributed by atoms with Gasteiger partial charge in [-0.25, -0.2) is 4.98 Å². The van der Waals surface area contributed by atoms with E-state index < -0.39 is 0 Å². The Morgan fingerprint density at radius 1 is 1.29 bits per heavy atom. The van der Waals surface area contributed by atoms with Gasteiger partial charge in [0.05, 0.1) is 23.2 Å². The number of carbonyl (C=O) groups excluding carboxylic acids is 1. The van der Waals surface area contributed by atoms with Crippen LogP contribution in [0, 0.1) is 0 Å². The maximum Gasteiger partial charge on any atom is 0.310 e. The summed E-state index contributed by atoms with van der Waals surface area (Å²) in [7, 11) is 0. The molecule has 0 spiro atoms. The summed E-state index contributed by atoms with van der Waals surface area (Å²) in [6.45, 7) is 2.68. The summed E-state index contributed by atoms with van der Waals surface area (Å²) in [5, 5.41) is 4.13. The Morgan fingerprint density at radius 2 is 2.12 bits per heavy atom. The highest BCUT2D eigenvalue weighted by molar-refractivity contribution is 7.22. The third-order valence-electron chi connectivity index (χ3n) is 3.59. The minimum Gasteiger partial charge on any atom is -0.466 e. The molecule has 3 N–H and O–H groups in total. The number of carbonyl (C=O) groups is 1. The van der Waals surface area contributed by atoms with Crippen LogP contribution in [0.25, 0.3) is 10.2 Å². The molecule has 0 unspecified atom stereocenters. The van der Waals surface area contributed by atoms with E-state index in [0.29, 0.717) is 13.2 Å². The number of rotatable bonds is 6. The lowest BCUT2D eigenvalue weighted by Gasteiger charge is -2.07. The van der Waals surface area contributed by atoms with Crippen molar-refractivity contribution < 1.29 is 9.53 Å². The van der Waals surface area contributed by atoms with Gasteiger partial charge in [-0.2, -0.15) is 0 Å². The lowest BCUT2D eigenvalue weighted by molar-refractivity contribution is -0.142. The number of ether oxygens (including phenoxy) is 1. The van der Waals surface area contributed by atoms with Crippen LogP contribution in [-0.2, 0) is 22.5 Å². The first-order chi connectivity index (χ1) is 11.7. The molecule has 1 aromatic heterocycles. The average molecular weight is 341 g/mol. The molecule has 0 aliphatic carbocycles. The summed E-state index contributed by atoms with van der Waals surface area (Å²) in [4.78, 5) is 16.2. The van der Waals surface area contributed by atoms with Crippen molar-refractivity contribution in [1.82, 2.24) is 4.98 Å². The zero-order valence-corrected chi connectivity index (χ0v) is 14.2. The van der Waals surface area contributed by atoms with Gasteiger partial charge >= 0.3 is 5.97 Å². The Labute approximate surface area is 144 Å². The Kier molecular flexibility index (Phi) is 5.08. The number of aromatic nitrogens is 1. The van der Waals surface area contributed by atoms with E-state index in [1.54, 1.807) is 18.3 Å². The van der Waals surface area contributed by atoms with Crippen LogP contribution in [-0.4, -0.2) is 17.6 Å². The molecule has 24 heavy (non-hydrogen) atoms. The van der Waals surface area contributed by atoms with Gasteiger partial charge in [0.2, 0.25) is 0 Å². The molecule has 3 rings (SSSR count). The fourth-order valence-electron chi connectivity index (χ4n) is 2.45. The lowest BCUT2D eigenvalue weighted by Crippen LogP contribution is -2.07. The number of nitrogens with zero attached hydrogens (tertiary/aromatic N) is 1. The van der Waals surface area contributed by atoms with E-state index in [2.05, 4.69) is 10.3 Å².